The topological polar surface area (TPSA) is 3.24 Å². The Bertz CT molecular complexity index is 456. The summed E-state index contributed by atoms with van der Waals surface area (Å²) >= 11 is 12.9. The summed E-state index contributed by atoms with van der Waals surface area (Å²) in [5.74, 6) is 0. The van der Waals surface area contributed by atoms with Crippen molar-refractivity contribution in [2.24, 2.45) is 0 Å². The molecule has 0 saturated carbocycles. The molecule has 0 N–H and O–H groups in total. The maximum absolute atomic E-state index is 6.45. The van der Waals surface area contributed by atoms with Crippen LogP contribution in [0.1, 0.15) is 21.9 Å². The molecule has 114 valence electrons. The van der Waals surface area contributed by atoms with Gasteiger partial charge in [0, 0.05) is 13.1 Å². The molecule has 0 bridgehead atoms. The Balaban J connectivity index is 0.00000220. The highest BCUT2D eigenvalue weighted by Crippen LogP contribution is 2.24. The van der Waals surface area contributed by atoms with E-state index in [1.54, 1.807) is 0 Å². The highest BCUT2D eigenvalue weighted by atomic mass is 35.5. The van der Waals surface area contributed by atoms with Gasteiger partial charge in [0.2, 0.25) is 0 Å². The van der Waals surface area contributed by atoms with Gasteiger partial charge in [-0.2, -0.15) is 0 Å². The van der Waals surface area contributed by atoms with Crippen molar-refractivity contribution in [2.45, 2.75) is 10.8 Å². The van der Waals surface area contributed by atoms with Crippen molar-refractivity contribution in [3.63, 3.8) is 0 Å². The first-order valence-corrected chi connectivity index (χ1v) is 7.60. The lowest BCUT2D eigenvalue weighted by atomic mass is 10.1. The van der Waals surface area contributed by atoms with Crippen LogP contribution in [0.5, 0.6) is 0 Å². The minimum Gasteiger partial charge on any atom is -0.303 e. The van der Waals surface area contributed by atoms with Crippen molar-refractivity contribution >= 4 is 35.6 Å². The first-order valence-electron chi connectivity index (χ1n) is 6.73. The summed E-state index contributed by atoms with van der Waals surface area (Å²) in [4.78, 5) is 2.18. The van der Waals surface area contributed by atoms with Crippen molar-refractivity contribution in [2.75, 3.05) is 20.1 Å². The van der Waals surface area contributed by atoms with E-state index in [9.17, 15) is 0 Å². The zero-order valence-corrected chi connectivity index (χ0v) is 14.3. The van der Waals surface area contributed by atoms with E-state index in [0.717, 1.165) is 24.2 Å². The molecule has 0 spiro atoms. The van der Waals surface area contributed by atoms with Gasteiger partial charge in [-0.3, -0.25) is 0 Å². The molecule has 0 heterocycles. The van der Waals surface area contributed by atoms with Crippen LogP contribution in [0, 0.1) is 0 Å². The first-order chi connectivity index (χ1) is 9.66. The van der Waals surface area contributed by atoms with E-state index in [4.69, 9.17) is 23.2 Å². The van der Waals surface area contributed by atoms with Gasteiger partial charge in [-0.05, 0) is 18.2 Å². The van der Waals surface area contributed by atoms with E-state index in [1.165, 1.54) is 0 Å². The molecule has 0 aliphatic heterocycles. The number of alkyl halides is 2. The summed E-state index contributed by atoms with van der Waals surface area (Å²) in [5.41, 5.74) is 2.29. The maximum Gasteiger partial charge on any atom is 0.0712 e. The molecule has 0 radical (unpaired) electrons. The third kappa shape index (κ3) is 5.88. The van der Waals surface area contributed by atoms with Crippen molar-refractivity contribution in [1.82, 2.24) is 4.90 Å². The Morgan fingerprint density at radius 3 is 1.43 bits per heavy atom. The van der Waals surface area contributed by atoms with E-state index in [2.05, 4.69) is 36.2 Å². The van der Waals surface area contributed by atoms with Crippen LogP contribution in [-0.2, 0) is 0 Å². The van der Waals surface area contributed by atoms with Crippen LogP contribution in [0.25, 0.3) is 0 Å². The lowest BCUT2D eigenvalue weighted by Gasteiger charge is -2.23. The van der Waals surface area contributed by atoms with Gasteiger partial charge in [-0.25, -0.2) is 0 Å². The summed E-state index contributed by atoms with van der Waals surface area (Å²) in [6.07, 6.45) is 0. The average molecular weight is 345 g/mol. The molecule has 2 rings (SSSR count). The van der Waals surface area contributed by atoms with E-state index in [1.807, 2.05) is 36.4 Å². The second kappa shape index (κ2) is 9.32. The van der Waals surface area contributed by atoms with Gasteiger partial charge in [0.25, 0.3) is 0 Å². The summed E-state index contributed by atoms with van der Waals surface area (Å²) in [6.45, 7) is 1.56. The van der Waals surface area contributed by atoms with Crippen LogP contribution in [0.15, 0.2) is 60.7 Å². The molecule has 0 saturated heterocycles. The quantitative estimate of drug-likeness (QED) is 0.643. The van der Waals surface area contributed by atoms with Gasteiger partial charge in [0.1, 0.15) is 0 Å². The number of rotatable bonds is 6. The fourth-order valence-electron chi connectivity index (χ4n) is 2.16. The fraction of sp³-hybridized carbons (Fsp3) is 0.294. The number of hydrogen-bond acceptors (Lipinski definition) is 1. The number of halogens is 3. The Morgan fingerprint density at radius 2 is 1.10 bits per heavy atom. The van der Waals surface area contributed by atoms with Gasteiger partial charge < -0.3 is 4.90 Å². The van der Waals surface area contributed by atoms with E-state index < -0.39 is 0 Å². The van der Waals surface area contributed by atoms with Crippen LogP contribution in [0.4, 0.5) is 0 Å². The number of benzene rings is 2. The fourth-order valence-corrected chi connectivity index (χ4v) is 2.92. The van der Waals surface area contributed by atoms with Crippen LogP contribution in [-0.4, -0.2) is 25.0 Å². The summed E-state index contributed by atoms with van der Waals surface area (Å²) in [7, 11) is 2.05. The zero-order valence-electron chi connectivity index (χ0n) is 12.0. The third-order valence-electron chi connectivity index (χ3n) is 3.27. The molecule has 2 aromatic carbocycles. The Hall–Kier alpha value is -0.730. The Labute approximate surface area is 143 Å². The highest BCUT2D eigenvalue weighted by molar-refractivity contribution is 6.21. The second-order valence-corrected chi connectivity index (χ2v) is 6.03. The van der Waals surface area contributed by atoms with E-state index >= 15 is 0 Å². The van der Waals surface area contributed by atoms with Crippen molar-refractivity contribution < 1.29 is 0 Å². The first kappa shape index (κ1) is 18.3. The molecule has 1 nitrogen and oxygen atoms in total. The summed E-state index contributed by atoms with van der Waals surface area (Å²) in [6, 6.07) is 20.3. The number of nitrogens with zero attached hydrogens (tertiary/aromatic N) is 1. The van der Waals surface area contributed by atoms with Gasteiger partial charge in [-0.1, -0.05) is 60.7 Å². The molecule has 2 atom stereocenters. The van der Waals surface area contributed by atoms with Crippen molar-refractivity contribution in [3.05, 3.63) is 71.8 Å². The molecule has 2 unspecified atom stereocenters. The molecule has 0 amide bonds. The van der Waals surface area contributed by atoms with Crippen LogP contribution in [0.3, 0.4) is 0 Å². The van der Waals surface area contributed by atoms with E-state index in [0.29, 0.717) is 0 Å². The van der Waals surface area contributed by atoms with E-state index in [-0.39, 0.29) is 23.2 Å². The Kier molecular flexibility index (Phi) is 8.13. The molecular formula is C17H20Cl3N. The largest absolute Gasteiger partial charge is 0.303 e. The molecule has 0 aromatic heterocycles. The van der Waals surface area contributed by atoms with Gasteiger partial charge in [0.05, 0.1) is 10.8 Å². The zero-order chi connectivity index (χ0) is 14.4. The van der Waals surface area contributed by atoms with Crippen molar-refractivity contribution in [3.8, 4) is 0 Å². The summed E-state index contributed by atoms with van der Waals surface area (Å²) < 4.78 is 0. The monoisotopic (exact) mass is 343 g/mol. The molecule has 0 aliphatic carbocycles. The lowest BCUT2D eigenvalue weighted by Crippen LogP contribution is -2.26. The lowest BCUT2D eigenvalue weighted by molar-refractivity contribution is 0.334. The highest BCUT2D eigenvalue weighted by Gasteiger charge is 2.14. The standard InChI is InChI=1S/C17H19Cl2N.ClH/c1-20(12-16(18)14-8-4-2-5-9-14)13-17(19)15-10-6-3-7-11-15;/h2-11,16-17H,12-13H2,1H3;1H. The Morgan fingerprint density at radius 1 is 0.762 bits per heavy atom. The number of likely N-dealkylation sites (N-methyl/N-ethyl adjacent to an activating group) is 1. The van der Waals surface area contributed by atoms with Gasteiger partial charge in [-0.15, -0.1) is 35.6 Å². The normalized spacial score (nSPS) is 13.5. The molecule has 21 heavy (non-hydrogen) atoms. The number of hydrogen-bond donors (Lipinski definition) is 0. The maximum atomic E-state index is 6.45. The molecule has 2 aromatic rings. The predicted octanol–water partition coefficient (Wildman–Crippen LogP) is 5.30. The van der Waals surface area contributed by atoms with Crippen LogP contribution in [0.2, 0.25) is 0 Å². The molecule has 0 aliphatic rings. The van der Waals surface area contributed by atoms with Crippen LogP contribution >= 0.6 is 35.6 Å². The molecule has 4 heteroatoms. The van der Waals surface area contributed by atoms with Gasteiger partial charge in [0.15, 0.2) is 0 Å². The summed E-state index contributed by atoms with van der Waals surface area (Å²) in [5, 5.41) is -0.0262. The van der Waals surface area contributed by atoms with Gasteiger partial charge >= 0.3 is 0 Å². The smallest absolute Gasteiger partial charge is 0.0712 e. The minimum absolute atomic E-state index is 0. The average Bonchev–Trinajstić information content (AvgIpc) is 2.49. The molecule has 0 fully saturated rings. The third-order valence-corrected chi connectivity index (χ3v) is 4.05. The van der Waals surface area contributed by atoms with Crippen LogP contribution < -0.4 is 0 Å². The second-order valence-electron chi connectivity index (χ2n) is 4.98. The predicted molar refractivity (Wildman–Crippen MR) is 94.8 cm³/mol. The SMILES string of the molecule is CN(CC(Cl)c1ccccc1)CC(Cl)c1ccccc1.Cl. The minimum atomic E-state index is -0.0131. The molecular weight excluding hydrogens is 325 g/mol. The van der Waals surface area contributed by atoms with Crippen molar-refractivity contribution in [1.29, 1.82) is 0 Å².